The van der Waals surface area contributed by atoms with Crippen LogP contribution in [-0.4, -0.2) is 26.3 Å². The molecule has 6 nitrogen and oxygen atoms in total. The van der Waals surface area contributed by atoms with Gasteiger partial charge in [-0.2, -0.15) is 0 Å². The second-order valence-electron chi connectivity index (χ2n) is 6.42. The summed E-state index contributed by atoms with van der Waals surface area (Å²) in [6.07, 6.45) is 1.95. The standard InChI is InChI=1S/C21H23N3O3S/c1-16-8-10-20(27-2)19(14-16)23-21-11-9-18(15-22-21)24-28(25,26)13-12-17-6-4-3-5-7-17/h3-11,14-15,24H,12-13H2,1-2H3,(H,22,23). The minimum atomic E-state index is -3.45. The van der Waals surface area contributed by atoms with Gasteiger partial charge in [0, 0.05) is 0 Å². The molecule has 3 aromatic rings. The molecule has 0 aliphatic rings. The monoisotopic (exact) mass is 397 g/mol. The van der Waals surface area contributed by atoms with Gasteiger partial charge in [-0.25, -0.2) is 13.4 Å². The van der Waals surface area contributed by atoms with Crippen molar-refractivity contribution >= 4 is 27.2 Å². The molecule has 1 aromatic heterocycles. The molecule has 3 rings (SSSR count). The summed E-state index contributed by atoms with van der Waals surface area (Å²) in [6, 6.07) is 18.7. The van der Waals surface area contributed by atoms with Crippen LogP contribution in [0.15, 0.2) is 66.9 Å². The number of pyridine rings is 1. The van der Waals surface area contributed by atoms with Gasteiger partial charge in [0.05, 0.1) is 30.4 Å². The van der Waals surface area contributed by atoms with Crippen LogP contribution in [0.5, 0.6) is 5.75 Å². The number of anilines is 3. The molecule has 0 fully saturated rings. The molecule has 0 atom stereocenters. The van der Waals surface area contributed by atoms with Gasteiger partial charge in [0.15, 0.2) is 0 Å². The molecule has 0 unspecified atom stereocenters. The van der Waals surface area contributed by atoms with Crippen LogP contribution in [0.25, 0.3) is 0 Å². The van der Waals surface area contributed by atoms with Gasteiger partial charge in [-0.15, -0.1) is 0 Å². The van der Waals surface area contributed by atoms with Gasteiger partial charge in [0.2, 0.25) is 10.0 Å². The van der Waals surface area contributed by atoms with E-state index in [1.165, 1.54) is 6.20 Å². The maximum Gasteiger partial charge on any atom is 0.233 e. The van der Waals surface area contributed by atoms with Gasteiger partial charge in [-0.3, -0.25) is 4.72 Å². The molecule has 2 N–H and O–H groups in total. The van der Waals surface area contributed by atoms with Gasteiger partial charge in [0.1, 0.15) is 11.6 Å². The summed E-state index contributed by atoms with van der Waals surface area (Å²) in [7, 11) is -1.84. The van der Waals surface area contributed by atoms with Gasteiger partial charge < -0.3 is 10.1 Å². The highest BCUT2D eigenvalue weighted by atomic mass is 32.2. The highest BCUT2D eigenvalue weighted by Gasteiger charge is 2.11. The summed E-state index contributed by atoms with van der Waals surface area (Å²) in [6.45, 7) is 1.99. The van der Waals surface area contributed by atoms with Crippen molar-refractivity contribution in [1.82, 2.24) is 4.98 Å². The number of nitrogens with zero attached hydrogens (tertiary/aromatic N) is 1. The Morgan fingerprint density at radius 2 is 1.82 bits per heavy atom. The fraction of sp³-hybridized carbons (Fsp3) is 0.190. The maximum atomic E-state index is 12.3. The predicted molar refractivity (Wildman–Crippen MR) is 113 cm³/mol. The van der Waals surface area contributed by atoms with Crippen molar-refractivity contribution in [2.24, 2.45) is 0 Å². The van der Waals surface area contributed by atoms with E-state index in [4.69, 9.17) is 4.74 Å². The van der Waals surface area contributed by atoms with Crippen molar-refractivity contribution in [3.8, 4) is 5.75 Å². The number of methoxy groups -OCH3 is 1. The van der Waals surface area contributed by atoms with Crippen LogP contribution < -0.4 is 14.8 Å². The van der Waals surface area contributed by atoms with E-state index in [1.54, 1.807) is 19.2 Å². The predicted octanol–water partition coefficient (Wildman–Crippen LogP) is 4.13. The highest BCUT2D eigenvalue weighted by Crippen LogP contribution is 2.28. The smallest absolute Gasteiger partial charge is 0.233 e. The fourth-order valence-electron chi connectivity index (χ4n) is 2.71. The van der Waals surface area contributed by atoms with Crippen molar-refractivity contribution < 1.29 is 13.2 Å². The van der Waals surface area contributed by atoms with E-state index >= 15 is 0 Å². The van der Waals surface area contributed by atoms with Crippen molar-refractivity contribution in [2.75, 3.05) is 22.9 Å². The van der Waals surface area contributed by atoms with Gasteiger partial charge in [-0.1, -0.05) is 36.4 Å². The molecule has 0 spiro atoms. The molecule has 0 bridgehead atoms. The molecular formula is C21H23N3O3S. The lowest BCUT2D eigenvalue weighted by Gasteiger charge is -2.12. The van der Waals surface area contributed by atoms with Gasteiger partial charge in [-0.05, 0) is 48.7 Å². The number of nitrogens with one attached hydrogen (secondary N) is 2. The molecule has 0 radical (unpaired) electrons. The molecule has 2 aromatic carbocycles. The van der Waals surface area contributed by atoms with E-state index in [0.29, 0.717) is 23.7 Å². The first-order chi connectivity index (χ1) is 13.4. The van der Waals surface area contributed by atoms with Crippen LogP contribution in [0.1, 0.15) is 11.1 Å². The average molecular weight is 398 g/mol. The highest BCUT2D eigenvalue weighted by molar-refractivity contribution is 7.92. The third-order valence-corrected chi connectivity index (χ3v) is 5.45. The Morgan fingerprint density at radius 3 is 2.50 bits per heavy atom. The Kier molecular flexibility index (Phi) is 6.16. The SMILES string of the molecule is COc1ccc(C)cc1Nc1ccc(NS(=O)(=O)CCc2ccccc2)cn1. The third-order valence-electron chi connectivity index (χ3n) is 4.16. The first-order valence-electron chi connectivity index (χ1n) is 8.87. The zero-order valence-electron chi connectivity index (χ0n) is 15.8. The molecule has 0 saturated heterocycles. The first kappa shape index (κ1) is 19.7. The fourth-order valence-corrected chi connectivity index (χ4v) is 3.80. The van der Waals surface area contributed by atoms with Crippen molar-refractivity contribution in [2.45, 2.75) is 13.3 Å². The first-order valence-corrected chi connectivity index (χ1v) is 10.5. The van der Waals surface area contributed by atoms with E-state index < -0.39 is 10.0 Å². The molecule has 0 aliphatic carbocycles. The lowest BCUT2D eigenvalue weighted by Crippen LogP contribution is -2.18. The van der Waals surface area contributed by atoms with Crippen LogP contribution in [0, 0.1) is 6.92 Å². The number of sulfonamides is 1. The lowest BCUT2D eigenvalue weighted by molar-refractivity contribution is 0.416. The van der Waals surface area contributed by atoms with Crippen LogP contribution in [-0.2, 0) is 16.4 Å². The van der Waals surface area contributed by atoms with Crippen molar-refractivity contribution in [3.05, 3.63) is 78.0 Å². The maximum absolute atomic E-state index is 12.3. The molecule has 146 valence electrons. The molecule has 0 saturated carbocycles. The van der Waals surface area contributed by atoms with Crippen LogP contribution >= 0.6 is 0 Å². The van der Waals surface area contributed by atoms with E-state index in [1.807, 2.05) is 55.5 Å². The second kappa shape index (κ2) is 8.75. The van der Waals surface area contributed by atoms with E-state index in [-0.39, 0.29) is 5.75 Å². The summed E-state index contributed by atoms with van der Waals surface area (Å²) >= 11 is 0. The summed E-state index contributed by atoms with van der Waals surface area (Å²) in [4.78, 5) is 4.29. The van der Waals surface area contributed by atoms with Crippen molar-refractivity contribution in [3.63, 3.8) is 0 Å². The molecule has 0 amide bonds. The summed E-state index contributed by atoms with van der Waals surface area (Å²) in [5.74, 6) is 1.31. The Bertz CT molecular complexity index is 1020. The largest absolute Gasteiger partial charge is 0.495 e. The minimum Gasteiger partial charge on any atom is -0.495 e. The number of aryl methyl sites for hydroxylation is 2. The number of ether oxygens (including phenoxy) is 1. The number of benzene rings is 2. The van der Waals surface area contributed by atoms with Crippen LogP contribution in [0.3, 0.4) is 0 Å². The molecule has 1 heterocycles. The summed E-state index contributed by atoms with van der Waals surface area (Å²) in [5, 5.41) is 3.19. The lowest BCUT2D eigenvalue weighted by atomic mass is 10.2. The normalized spacial score (nSPS) is 11.1. The number of aromatic nitrogens is 1. The molecule has 7 heteroatoms. The Labute approximate surface area is 165 Å². The molecular weight excluding hydrogens is 374 g/mol. The van der Waals surface area contributed by atoms with Gasteiger partial charge >= 0.3 is 0 Å². The Morgan fingerprint density at radius 1 is 1.04 bits per heavy atom. The topological polar surface area (TPSA) is 80.3 Å². The minimum absolute atomic E-state index is 0.0114. The van der Waals surface area contributed by atoms with Crippen LogP contribution in [0.4, 0.5) is 17.2 Å². The quantitative estimate of drug-likeness (QED) is 0.597. The Hall–Kier alpha value is -3.06. The molecule has 0 aliphatic heterocycles. The number of hydrogen-bond acceptors (Lipinski definition) is 5. The van der Waals surface area contributed by atoms with Gasteiger partial charge in [0.25, 0.3) is 0 Å². The third kappa shape index (κ3) is 5.47. The van der Waals surface area contributed by atoms with Crippen LogP contribution in [0.2, 0.25) is 0 Å². The average Bonchev–Trinajstić information content (AvgIpc) is 2.69. The zero-order valence-corrected chi connectivity index (χ0v) is 16.7. The summed E-state index contributed by atoms with van der Waals surface area (Å²) < 4.78 is 32.5. The number of rotatable bonds is 8. The zero-order chi connectivity index (χ0) is 20.0. The summed E-state index contributed by atoms with van der Waals surface area (Å²) in [5.41, 5.74) is 3.30. The Balaban J connectivity index is 1.63. The number of hydrogen-bond donors (Lipinski definition) is 2. The van der Waals surface area contributed by atoms with E-state index in [0.717, 1.165) is 16.8 Å². The van der Waals surface area contributed by atoms with Crippen molar-refractivity contribution in [1.29, 1.82) is 0 Å². The van der Waals surface area contributed by atoms with E-state index in [2.05, 4.69) is 15.0 Å². The van der Waals surface area contributed by atoms with E-state index in [9.17, 15) is 8.42 Å². The molecule has 28 heavy (non-hydrogen) atoms. The second-order valence-corrected chi connectivity index (χ2v) is 8.26.